The van der Waals surface area contributed by atoms with Crippen LogP contribution >= 0.6 is 0 Å². The SMILES string of the molecule is CC1(NC(=O)c2ccncc2C#CCCO)CC1. The lowest BCUT2D eigenvalue weighted by atomic mass is 10.1. The Labute approximate surface area is 106 Å². The Bertz CT molecular complexity index is 510. The smallest absolute Gasteiger partial charge is 0.253 e. The summed E-state index contributed by atoms with van der Waals surface area (Å²) in [5, 5.41) is 11.7. The summed E-state index contributed by atoms with van der Waals surface area (Å²) in [6, 6.07) is 1.67. The predicted molar refractivity (Wildman–Crippen MR) is 67.9 cm³/mol. The van der Waals surface area contributed by atoms with Gasteiger partial charge < -0.3 is 10.4 Å². The molecule has 1 aliphatic carbocycles. The normalized spacial score (nSPS) is 15.4. The number of hydrogen-bond acceptors (Lipinski definition) is 3. The van der Waals surface area contributed by atoms with Gasteiger partial charge in [-0.1, -0.05) is 11.8 Å². The maximum Gasteiger partial charge on any atom is 0.253 e. The minimum absolute atomic E-state index is 0.0207. The average Bonchev–Trinajstić information content (AvgIpc) is 3.07. The molecule has 0 atom stereocenters. The summed E-state index contributed by atoms with van der Waals surface area (Å²) in [6.07, 6.45) is 5.61. The third kappa shape index (κ3) is 3.08. The second kappa shape index (κ2) is 5.19. The van der Waals surface area contributed by atoms with E-state index in [1.165, 1.54) is 0 Å². The molecule has 2 rings (SSSR count). The summed E-state index contributed by atoms with van der Waals surface area (Å²) in [7, 11) is 0. The first-order valence-corrected chi connectivity index (χ1v) is 6.01. The first-order valence-electron chi connectivity index (χ1n) is 6.01. The number of pyridine rings is 1. The molecule has 2 N–H and O–H groups in total. The fourth-order valence-corrected chi connectivity index (χ4v) is 1.56. The van der Waals surface area contributed by atoms with Crippen molar-refractivity contribution in [2.75, 3.05) is 6.61 Å². The van der Waals surface area contributed by atoms with Crippen molar-refractivity contribution in [3.05, 3.63) is 29.6 Å². The van der Waals surface area contributed by atoms with E-state index in [4.69, 9.17) is 5.11 Å². The third-order valence-electron chi connectivity index (χ3n) is 2.94. The van der Waals surface area contributed by atoms with E-state index < -0.39 is 0 Å². The minimum Gasteiger partial charge on any atom is -0.395 e. The molecule has 1 aromatic heterocycles. The molecule has 0 unspecified atom stereocenters. The van der Waals surface area contributed by atoms with E-state index in [1.54, 1.807) is 18.5 Å². The molecular formula is C14H16N2O2. The number of aliphatic hydroxyl groups is 1. The van der Waals surface area contributed by atoms with Crippen LogP contribution in [-0.4, -0.2) is 28.1 Å². The fourth-order valence-electron chi connectivity index (χ4n) is 1.56. The molecule has 0 aliphatic heterocycles. The van der Waals surface area contributed by atoms with E-state index in [0.717, 1.165) is 12.8 Å². The molecule has 4 nitrogen and oxygen atoms in total. The zero-order chi connectivity index (χ0) is 13.0. The van der Waals surface area contributed by atoms with E-state index >= 15 is 0 Å². The van der Waals surface area contributed by atoms with Crippen molar-refractivity contribution < 1.29 is 9.90 Å². The number of rotatable bonds is 3. The highest BCUT2D eigenvalue weighted by molar-refractivity contribution is 5.97. The molecule has 1 aliphatic rings. The Balaban J connectivity index is 2.16. The summed E-state index contributed by atoms with van der Waals surface area (Å²) < 4.78 is 0. The van der Waals surface area contributed by atoms with E-state index in [-0.39, 0.29) is 18.1 Å². The Morgan fingerprint density at radius 3 is 3.06 bits per heavy atom. The third-order valence-corrected chi connectivity index (χ3v) is 2.94. The molecule has 0 bridgehead atoms. The average molecular weight is 244 g/mol. The molecule has 18 heavy (non-hydrogen) atoms. The van der Waals surface area contributed by atoms with Crippen LogP contribution in [-0.2, 0) is 0 Å². The molecule has 1 fully saturated rings. The van der Waals surface area contributed by atoms with Gasteiger partial charge in [-0.25, -0.2) is 0 Å². The molecule has 0 radical (unpaired) electrons. The Hall–Kier alpha value is -1.86. The molecule has 1 aromatic rings. The van der Waals surface area contributed by atoms with Gasteiger partial charge in [-0.3, -0.25) is 9.78 Å². The van der Waals surface area contributed by atoms with E-state index in [1.807, 2.05) is 6.92 Å². The van der Waals surface area contributed by atoms with E-state index in [2.05, 4.69) is 22.1 Å². The van der Waals surface area contributed by atoms with Crippen molar-refractivity contribution in [2.24, 2.45) is 0 Å². The summed E-state index contributed by atoms with van der Waals surface area (Å²) in [6.45, 7) is 2.05. The van der Waals surface area contributed by atoms with Crippen molar-refractivity contribution in [2.45, 2.75) is 31.7 Å². The van der Waals surface area contributed by atoms with Crippen molar-refractivity contribution in [3.63, 3.8) is 0 Å². The fraction of sp³-hybridized carbons (Fsp3) is 0.429. The number of carbonyl (C=O) groups excluding carboxylic acids is 1. The van der Waals surface area contributed by atoms with Gasteiger partial charge in [0, 0.05) is 24.4 Å². The van der Waals surface area contributed by atoms with E-state index in [0.29, 0.717) is 17.5 Å². The maximum absolute atomic E-state index is 12.1. The first kappa shape index (κ1) is 12.6. The van der Waals surface area contributed by atoms with Crippen LogP contribution in [0.4, 0.5) is 0 Å². The van der Waals surface area contributed by atoms with Gasteiger partial charge in [-0.05, 0) is 25.8 Å². The molecule has 4 heteroatoms. The zero-order valence-electron chi connectivity index (χ0n) is 10.4. The molecule has 1 heterocycles. The van der Waals surface area contributed by atoms with E-state index in [9.17, 15) is 4.79 Å². The molecule has 0 spiro atoms. The zero-order valence-corrected chi connectivity index (χ0v) is 10.4. The Kier molecular flexibility index (Phi) is 3.63. The second-order valence-electron chi connectivity index (χ2n) is 4.71. The van der Waals surface area contributed by atoms with Crippen LogP contribution in [0.3, 0.4) is 0 Å². The predicted octanol–water partition coefficient (Wildman–Crippen LogP) is 1.10. The monoisotopic (exact) mass is 244 g/mol. The van der Waals surface area contributed by atoms with Gasteiger partial charge >= 0.3 is 0 Å². The van der Waals surface area contributed by atoms with Crippen LogP contribution in [0.25, 0.3) is 0 Å². The maximum atomic E-state index is 12.1. The summed E-state index contributed by atoms with van der Waals surface area (Å²) >= 11 is 0. The van der Waals surface area contributed by atoms with Crippen LogP contribution in [0.5, 0.6) is 0 Å². The van der Waals surface area contributed by atoms with Gasteiger partial charge in [-0.2, -0.15) is 0 Å². The summed E-state index contributed by atoms with van der Waals surface area (Å²) in [4.78, 5) is 16.1. The number of aliphatic hydroxyl groups excluding tert-OH is 1. The van der Waals surface area contributed by atoms with Gasteiger partial charge in [-0.15, -0.1) is 0 Å². The minimum atomic E-state index is -0.106. The lowest BCUT2D eigenvalue weighted by molar-refractivity contribution is 0.0935. The molecular weight excluding hydrogens is 228 g/mol. The summed E-state index contributed by atoms with van der Waals surface area (Å²) in [5.41, 5.74) is 1.10. The molecule has 0 aromatic carbocycles. The Morgan fingerprint density at radius 1 is 1.61 bits per heavy atom. The number of amides is 1. The molecule has 94 valence electrons. The topological polar surface area (TPSA) is 62.2 Å². The van der Waals surface area contributed by atoms with Crippen molar-refractivity contribution in [1.82, 2.24) is 10.3 Å². The summed E-state index contributed by atoms with van der Waals surface area (Å²) in [5.74, 6) is 5.57. The number of carbonyl (C=O) groups is 1. The van der Waals surface area contributed by atoms with Gasteiger partial charge in [0.05, 0.1) is 17.7 Å². The van der Waals surface area contributed by atoms with Crippen molar-refractivity contribution in [3.8, 4) is 11.8 Å². The molecule has 1 saturated carbocycles. The van der Waals surface area contributed by atoms with Crippen LogP contribution in [0.15, 0.2) is 18.5 Å². The number of nitrogens with one attached hydrogen (secondary N) is 1. The van der Waals surface area contributed by atoms with Crippen LogP contribution in [0.2, 0.25) is 0 Å². The highest BCUT2D eigenvalue weighted by Crippen LogP contribution is 2.34. The Morgan fingerprint density at radius 2 is 2.39 bits per heavy atom. The highest BCUT2D eigenvalue weighted by atomic mass is 16.2. The largest absolute Gasteiger partial charge is 0.395 e. The van der Waals surface area contributed by atoms with Gasteiger partial charge in [0.25, 0.3) is 5.91 Å². The standard InChI is InChI=1S/C14H16N2O2/c1-14(6-7-14)16-13(18)12-5-8-15-10-11(12)4-2-3-9-17/h5,8,10,17H,3,6-7,9H2,1H3,(H,16,18). The van der Waals surface area contributed by atoms with Gasteiger partial charge in [0.2, 0.25) is 0 Å². The van der Waals surface area contributed by atoms with Crippen LogP contribution in [0.1, 0.15) is 42.1 Å². The lowest BCUT2D eigenvalue weighted by Crippen LogP contribution is -2.34. The molecule has 0 saturated heterocycles. The number of hydrogen-bond donors (Lipinski definition) is 2. The highest BCUT2D eigenvalue weighted by Gasteiger charge is 2.39. The second-order valence-corrected chi connectivity index (χ2v) is 4.71. The number of aromatic nitrogens is 1. The first-order chi connectivity index (χ1) is 8.64. The van der Waals surface area contributed by atoms with Gasteiger partial charge in [0.15, 0.2) is 0 Å². The molecule has 1 amide bonds. The van der Waals surface area contributed by atoms with Crippen molar-refractivity contribution >= 4 is 5.91 Å². The van der Waals surface area contributed by atoms with Crippen LogP contribution in [0, 0.1) is 11.8 Å². The van der Waals surface area contributed by atoms with Crippen molar-refractivity contribution in [1.29, 1.82) is 0 Å². The van der Waals surface area contributed by atoms with Crippen LogP contribution < -0.4 is 5.32 Å². The number of nitrogens with zero attached hydrogens (tertiary/aromatic N) is 1. The quantitative estimate of drug-likeness (QED) is 0.783. The lowest BCUT2D eigenvalue weighted by Gasteiger charge is -2.12. The van der Waals surface area contributed by atoms with Gasteiger partial charge in [0.1, 0.15) is 0 Å².